The van der Waals surface area contributed by atoms with Crippen LogP contribution in [-0.4, -0.2) is 30.9 Å². The molecule has 1 aromatic rings. The lowest BCUT2D eigenvalue weighted by Crippen LogP contribution is -2.45. The van der Waals surface area contributed by atoms with E-state index in [-0.39, 0.29) is 30.3 Å². The summed E-state index contributed by atoms with van der Waals surface area (Å²) in [5.41, 5.74) is 7.39. The Morgan fingerprint density at radius 1 is 1.16 bits per heavy atom. The van der Waals surface area contributed by atoms with E-state index in [1.54, 1.807) is 17.0 Å². The standard InChI is InChI=1S/C19H27N3O2.ClH/c20-13-17(14-5-2-1-3-6-14)21-19(24)15-8-10-16(11-9-15)22-12-4-7-18(22)23;/h8-11,14,17H,1-7,12-13,20H2,(H,21,24);1H. The highest BCUT2D eigenvalue weighted by Crippen LogP contribution is 2.26. The number of benzene rings is 1. The lowest BCUT2D eigenvalue weighted by Gasteiger charge is -2.30. The summed E-state index contributed by atoms with van der Waals surface area (Å²) in [5, 5.41) is 3.11. The van der Waals surface area contributed by atoms with Crippen molar-refractivity contribution in [3.8, 4) is 0 Å². The molecule has 1 saturated heterocycles. The maximum atomic E-state index is 12.5. The molecule has 1 aromatic carbocycles. The molecule has 1 atom stereocenters. The topological polar surface area (TPSA) is 75.4 Å². The molecule has 1 aliphatic heterocycles. The van der Waals surface area contributed by atoms with Crippen molar-refractivity contribution in [3.05, 3.63) is 29.8 Å². The second-order valence-corrected chi connectivity index (χ2v) is 6.91. The van der Waals surface area contributed by atoms with Crippen molar-refractivity contribution in [3.63, 3.8) is 0 Å². The second-order valence-electron chi connectivity index (χ2n) is 6.91. The van der Waals surface area contributed by atoms with Crippen LogP contribution in [0.15, 0.2) is 24.3 Å². The molecular formula is C19H28ClN3O2. The van der Waals surface area contributed by atoms with Crippen LogP contribution in [-0.2, 0) is 4.79 Å². The van der Waals surface area contributed by atoms with Crippen molar-refractivity contribution >= 4 is 29.9 Å². The predicted octanol–water partition coefficient (Wildman–Crippen LogP) is 2.87. The number of halogens is 1. The largest absolute Gasteiger partial charge is 0.348 e. The van der Waals surface area contributed by atoms with Crippen molar-refractivity contribution in [1.82, 2.24) is 5.32 Å². The molecule has 5 nitrogen and oxygen atoms in total. The molecule has 3 rings (SSSR count). The zero-order chi connectivity index (χ0) is 16.9. The van der Waals surface area contributed by atoms with E-state index < -0.39 is 0 Å². The lowest BCUT2D eigenvalue weighted by molar-refractivity contribution is -0.117. The van der Waals surface area contributed by atoms with Gasteiger partial charge < -0.3 is 16.0 Å². The minimum absolute atomic E-state index is 0. The quantitative estimate of drug-likeness (QED) is 0.842. The number of nitrogens with zero attached hydrogens (tertiary/aromatic N) is 1. The van der Waals surface area contributed by atoms with E-state index in [0.29, 0.717) is 24.4 Å². The summed E-state index contributed by atoms with van der Waals surface area (Å²) in [6, 6.07) is 7.36. The first-order valence-corrected chi connectivity index (χ1v) is 9.10. The lowest BCUT2D eigenvalue weighted by atomic mass is 9.84. The number of hydrogen-bond donors (Lipinski definition) is 2. The Hall–Kier alpha value is -1.59. The zero-order valence-corrected chi connectivity index (χ0v) is 15.4. The highest BCUT2D eigenvalue weighted by atomic mass is 35.5. The maximum Gasteiger partial charge on any atom is 0.251 e. The van der Waals surface area contributed by atoms with Gasteiger partial charge >= 0.3 is 0 Å². The summed E-state index contributed by atoms with van der Waals surface area (Å²) in [7, 11) is 0. The fourth-order valence-electron chi connectivity index (χ4n) is 3.87. The molecule has 1 saturated carbocycles. The van der Waals surface area contributed by atoms with Gasteiger partial charge in [-0.15, -0.1) is 12.4 Å². The van der Waals surface area contributed by atoms with Gasteiger partial charge in [0.2, 0.25) is 5.91 Å². The van der Waals surface area contributed by atoms with Crippen molar-refractivity contribution in [2.24, 2.45) is 11.7 Å². The van der Waals surface area contributed by atoms with Crippen LogP contribution < -0.4 is 16.0 Å². The number of nitrogens with two attached hydrogens (primary N) is 1. The van der Waals surface area contributed by atoms with E-state index in [4.69, 9.17) is 5.73 Å². The average molecular weight is 366 g/mol. The minimum atomic E-state index is -0.0738. The van der Waals surface area contributed by atoms with Crippen LogP contribution in [0, 0.1) is 5.92 Å². The Balaban J connectivity index is 0.00000225. The average Bonchev–Trinajstić information content (AvgIpc) is 3.06. The highest BCUT2D eigenvalue weighted by Gasteiger charge is 2.25. The second kappa shape index (κ2) is 9.20. The molecule has 1 heterocycles. The highest BCUT2D eigenvalue weighted by molar-refractivity contribution is 5.97. The fraction of sp³-hybridized carbons (Fsp3) is 0.579. The van der Waals surface area contributed by atoms with E-state index in [0.717, 1.165) is 31.5 Å². The molecule has 138 valence electrons. The third-order valence-corrected chi connectivity index (χ3v) is 5.30. The molecule has 2 amide bonds. The van der Waals surface area contributed by atoms with E-state index in [1.165, 1.54) is 19.3 Å². The van der Waals surface area contributed by atoms with Crippen LogP contribution in [0.2, 0.25) is 0 Å². The molecule has 2 fully saturated rings. The number of anilines is 1. The minimum Gasteiger partial charge on any atom is -0.348 e. The molecule has 0 spiro atoms. The Morgan fingerprint density at radius 2 is 1.84 bits per heavy atom. The van der Waals surface area contributed by atoms with Crippen molar-refractivity contribution in [2.45, 2.75) is 51.0 Å². The monoisotopic (exact) mass is 365 g/mol. The number of rotatable bonds is 5. The molecule has 0 aromatic heterocycles. The fourth-order valence-corrected chi connectivity index (χ4v) is 3.87. The number of nitrogens with one attached hydrogen (secondary N) is 1. The van der Waals surface area contributed by atoms with Gasteiger partial charge in [0, 0.05) is 36.8 Å². The summed E-state index contributed by atoms with van der Waals surface area (Å²) < 4.78 is 0. The summed E-state index contributed by atoms with van der Waals surface area (Å²) >= 11 is 0. The van der Waals surface area contributed by atoms with Crippen molar-refractivity contribution in [2.75, 3.05) is 18.0 Å². The van der Waals surface area contributed by atoms with E-state index in [2.05, 4.69) is 5.32 Å². The summed E-state index contributed by atoms with van der Waals surface area (Å²) in [6.07, 6.45) is 7.57. The molecule has 6 heteroatoms. The predicted molar refractivity (Wildman–Crippen MR) is 102 cm³/mol. The molecule has 0 radical (unpaired) electrons. The first kappa shape index (κ1) is 19.7. The van der Waals surface area contributed by atoms with E-state index >= 15 is 0 Å². The van der Waals surface area contributed by atoms with Gasteiger partial charge in [-0.3, -0.25) is 9.59 Å². The normalized spacial score (nSPS) is 19.4. The van der Waals surface area contributed by atoms with Gasteiger partial charge in [-0.05, 0) is 49.4 Å². The number of hydrogen-bond acceptors (Lipinski definition) is 3. The van der Waals surface area contributed by atoms with Crippen LogP contribution >= 0.6 is 12.4 Å². The van der Waals surface area contributed by atoms with Crippen molar-refractivity contribution < 1.29 is 9.59 Å². The van der Waals surface area contributed by atoms with Gasteiger partial charge in [-0.2, -0.15) is 0 Å². The SMILES string of the molecule is Cl.NCC(NC(=O)c1ccc(N2CCCC2=O)cc1)C1CCCCC1. The molecule has 1 aliphatic carbocycles. The summed E-state index contributed by atoms with van der Waals surface area (Å²) in [5.74, 6) is 0.581. The molecule has 25 heavy (non-hydrogen) atoms. The van der Waals surface area contributed by atoms with Crippen LogP contribution in [0.1, 0.15) is 55.3 Å². The molecule has 2 aliphatic rings. The van der Waals surface area contributed by atoms with Crippen LogP contribution in [0.4, 0.5) is 5.69 Å². The number of carbonyl (C=O) groups excluding carboxylic acids is 2. The van der Waals surface area contributed by atoms with Gasteiger partial charge in [0.15, 0.2) is 0 Å². The first-order valence-electron chi connectivity index (χ1n) is 9.10. The third-order valence-electron chi connectivity index (χ3n) is 5.30. The van der Waals surface area contributed by atoms with Crippen molar-refractivity contribution in [1.29, 1.82) is 0 Å². The summed E-state index contributed by atoms with van der Waals surface area (Å²) in [4.78, 5) is 26.1. The van der Waals surface area contributed by atoms with Gasteiger partial charge in [-0.25, -0.2) is 0 Å². The molecule has 3 N–H and O–H groups in total. The van der Waals surface area contributed by atoms with Crippen LogP contribution in [0.5, 0.6) is 0 Å². The van der Waals surface area contributed by atoms with E-state index in [9.17, 15) is 9.59 Å². The Labute approximate surface area is 155 Å². The zero-order valence-electron chi connectivity index (χ0n) is 14.6. The van der Waals surface area contributed by atoms with Crippen LogP contribution in [0.3, 0.4) is 0 Å². The van der Waals surface area contributed by atoms with Gasteiger partial charge in [0.25, 0.3) is 5.91 Å². The Morgan fingerprint density at radius 3 is 2.40 bits per heavy atom. The molecule has 1 unspecified atom stereocenters. The molecular weight excluding hydrogens is 338 g/mol. The first-order chi connectivity index (χ1) is 11.7. The summed E-state index contributed by atoms with van der Waals surface area (Å²) in [6.45, 7) is 1.25. The third kappa shape index (κ3) is 4.73. The van der Waals surface area contributed by atoms with Crippen LogP contribution in [0.25, 0.3) is 0 Å². The number of amides is 2. The molecule has 0 bridgehead atoms. The van der Waals surface area contributed by atoms with Gasteiger partial charge in [0.05, 0.1) is 0 Å². The smallest absolute Gasteiger partial charge is 0.251 e. The Kier molecular flexibility index (Phi) is 7.26. The number of carbonyl (C=O) groups is 2. The van der Waals surface area contributed by atoms with Gasteiger partial charge in [0.1, 0.15) is 0 Å². The van der Waals surface area contributed by atoms with E-state index in [1.807, 2.05) is 12.1 Å². The maximum absolute atomic E-state index is 12.5. The van der Waals surface area contributed by atoms with Gasteiger partial charge in [-0.1, -0.05) is 19.3 Å². The Bertz CT molecular complexity index is 585.